The molecule has 1 heterocycles. The number of rotatable bonds is 5. The fourth-order valence-electron chi connectivity index (χ4n) is 2.39. The molecule has 6 heteroatoms. The molecular formula is C13H20N2O4. The van der Waals surface area contributed by atoms with Crippen molar-refractivity contribution in [2.24, 2.45) is 5.84 Å². The Morgan fingerprint density at radius 3 is 3.05 bits per heavy atom. The van der Waals surface area contributed by atoms with Crippen LogP contribution in [0.3, 0.4) is 0 Å². The molecule has 1 aliphatic carbocycles. The largest absolute Gasteiger partial charge is 0.459 e. The Morgan fingerprint density at radius 1 is 1.53 bits per heavy atom. The monoisotopic (exact) mass is 268 g/mol. The quantitative estimate of drug-likeness (QED) is 0.478. The lowest BCUT2D eigenvalue weighted by molar-refractivity contribution is -0.0366. The average Bonchev–Trinajstić information content (AvgIpc) is 2.93. The molecule has 19 heavy (non-hydrogen) atoms. The molecule has 1 amide bonds. The van der Waals surface area contributed by atoms with Crippen LogP contribution in [0.2, 0.25) is 0 Å². The molecule has 1 aromatic rings. The Morgan fingerprint density at radius 2 is 2.32 bits per heavy atom. The summed E-state index contributed by atoms with van der Waals surface area (Å²) in [5.41, 5.74) is 2.76. The van der Waals surface area contributed by atoms with E-state index in [4.69, 9.17) is 19.7 Å². The van der Waals surface area contributed by atoms with Gasteiger partial charge in [-0.2, -0.15) is 0 Å². The van der Waals surface area contributed by atoms with Gasteiger partial charge in [-0.1, -0.05) is 0 Å². The van der Waals surface area contributed by atoms with E-state index < -0.39 is 5.91 Å². The molecular weight excluding hydrogens is 248 g/mol. The first-order valence-electron chi connectivity index (χ1n) is 6.46. The van der Waals surface area contributed by atoms with Crippen LogP contribution in [0.25, 0.3) is 0 Å². The lowest BCUT2D eigenvalue weighted by atomic mass is 9.95. The summed E-state index contributed by atoms with van der Waals surface area (Å²) in [7, 11) is 1.73. The molecule has 0 aromatic carbocycles. The number of nitrogens with one attached hydrogen (secondary N) is 1. The molecule has 2 atom stereocenters. The predicted octanol–water partition coefficient (Wildman–Crippen LogP) is 1.36. The number of carbonyl (C=O) groups is 1. The third kappa shape index (κ3) is 3.56. The highest BCUT2D eigenvalue weighted by Crippen LogP contribution is 2.24. The van der Waals surface area contributed by atoms with Crippen LogP contribution in [0, 0.1) is 0 Å². The third-order valence-electron chi connectivity index (χ3n) is 3.47. The van der Waals surface area contributed by atoms with Crippen molar-refractivity contribution in [3.05, 3.63) is 23.7 Å². The van der Waals surface area contributed by atoms with Gasteiger partial charge in [0.05, 0.1) is 25.1 Å². The summed E-state index contributed by atoms with van der Waals surface area (Å²) in [4.78, 5) is 11.4. The van der Waals surface area contributed by atoms with Gasteiger partial charge in [-0.05, 0) is 31.7 Å². The molecule has 0 radical (unpaired) electrons. The molecule has 3 N–H and O–H groups in total. The Bertz CT molecular complexity index is 419. The second-order valence-corrected chi connectivity index (χ2v) is 4.71. The van der Waals surface area contributed by atoms with Crippen LogP contribution >= 0.6 is 0 Å². The van der Waals surface area contributed by atoms with E-state index in [0.29, 0.717) is 12.2 Å². The van der Waals surface area contributed by atoms with Crippen LogP contribution in [0.15, 0.2) is 16.7 Å². The first kappa shape index (κ1) is 14.0. The standard InChI is InChI=1S/C13H20N2O4/c1-17-10-3-2-4-11(7-10)19-8-9-5-6-18-12(9)13(16)15-14/h5-6,10-11H,2-4,7-8,14H2,1H3,(H,15,16). The van der Waals surface area contributed by atoms with E-state index in [1.165, 1.54) is 6.26 Å². The van der Waals surface area contributed by atoms with Crippen molar-refractivity contribution in [3.63, 3.8) is 0 Å². The SMILES string of the molecule is COC1CCCC(OCc2ccoc2C(=O)NN)C1. The maximum Gasteiger partial charge on any atom is 0.301 e. The number of nitrogens with two attached hydrogens (primary N) is 1. The van der Waals surface area contributed by atoms with Gasteiger partial charge in [0.1, 0.15) is 0 Å². The zero-order chi connectivity index (χ0) is 13.7. The number of amides is 1. The maximum atomic E-state index is 11.4. The van der Waals surface area contributed by atoms with Crippen LogP contribution in [0.4, 0.5) is 0 Å². The Labute approximate surface area is 112 Å². The van der Waals surface area contributed by atoms with Crippen LogP contribution < -0.4 is 11.3 Å². The minimum atomic E-state index is -0.443. The molecule has 1 aliphatic rings. The van der Waals surface area contributed by atoms with Crippen molar-refractivity contribution in [2.45, 2.75) is 44.5 Å². The summed E-state index contributed by atoms with van der Waals surface area (Å²) < 4.78 is 16.3. The van der Waals surface area contributed by atoms with Crippen LogP contribution in [-0.2, 0) is 16.1 Å². The van der Waals surface area contributed by atoms with E-state index >= 15 is 0 Å². The Balaban J connectivity index is 1.88. The average molecular weight is 268 g/mol. The number of hydrogen-bond donors (Lipinski definition) is 2. The summed E-state index contributed by atoms with van der Waals surface area (Å²) in [6.45, 7) is 0.348. The second-order valence-electron chi connectivity index (χ2n) is 4.71. The van der Waals surface area contributed by atoms with Crippen molar-refractivity contribution in [3.8, 4) is 0 Å². The van der Waals surface area contributed by atoms with Gasteiger partial charge in [0.15, 0.2) is 5.76 Å². The molecule has 106 valence electrons. The van der Waals surface area contributed by atoms with Crippen LogP contribution in [0.5, 0.6) is 0 Å². The highest BCUT2D eigenvalue weighted by molar-refractivity contribution is 5.92. The number of carbonyl (C=O) groups excluding carboxylic acids is 1. The first-order valence-corrected chi connectivity index (χ1v) is 6.46. The number of methoxy groups -OCH3 is 1. The molecule has 0 bridgehead atoms. The number of hydrogen-bond acceptors (Lipinski definition) is 5. The fraction of sp³-hybridized carbons (Fsp3) is 0.615. The number of ether oxygens (including phenoxy) is 2. The molecule has 1 fully saturated rings. The van der Waals surface area contributed by atoms with Gasteiger partial charge >= 0.3 is 5.91 Å². The van der Waals surface area contributed by atoms with Crippen molar-refractivity contribution in [2.75, 3.05) is 7.11 Å². The minimum Gasteiger partial charge on any atom is -0.459 e. The molecule has 6 nitrogen and oxygen atoms in total. The van der Waals surface area contributed by atoms with Crippen LogP contribution in [0.1, 0.15) is 41.8 Å². The Kier molecular flexibility index (Phi) is 4.95. The minimum absolute atomic E-state index is 0.169. The van der Waals surface area contributed by atoms with E-state index in [9.17, 15) is 4.79 Å². The molecule has 2 rings (SSSR count). The first-order chi connectivity index (χ1) is 9.24. The van der Waals surface area contributed by atoms with Crippen molar-refractivity contribution in [1.82, 2.24) is 5.43 Å². The molecule has 2 unspecified atom stereocenters. The molecule has 1 saturated carbocycles. The molecule has 1 aromatic heterocycles. The van der Waals surface area contributed by atoms with Crippen molar-refractivity contribution >= 4 is 5.91 Å². The lowest BCUT2D eigenvalue weighted by Gasteiger charge is -2.28. The summed E-state index contributed by atoms with van der Waals surface area (Å²) in [5.74, 6) is 4.86. The fourth-order valence-corrected chi connectivity index (χ4v) is 2.39. The lowest BCUT2D eigenvalue weighted by Crippen LogP contribution is -2.31. The maximum absolute atomic E-state index is 11.4. The summed E-state index contributed by atoms with van der Waals surface area (Å²) in [6, 6.07) is 1.72. The smallest absolute Gasteiger partial charge is 0.301 e. The van der Waals surface area contributed by atoms with Gasteiger partial charge in [0.2, 0.25) is 0 Å². The summed E-state index contributed by atoms with van der Waals surface area (Å²) in [6.07, 6.45) is 6.01. The van der Waals surface area contributed by atoms with Gasteiger partial charge in [-0.3, -0.25) is 10.2 Å². The molecule has 0 saturated heterocycles. The highest BCUT2D eigenvalue weighted by atomic mass is 16.5. The van der Waals surface area contributed by atoms with Crippen molar-refractivity contribution < 1.29 is 18.7 Å². The van der Waals surface area contributed by atoms with Crippen LogP contribution in [-0.4, -0.2) is 25.2 Å². The number of nitrogen functional groups attached to an aromatic ring is 1. The number of hydrazine groups is 1. The topological polar surface area (TPSA) is 86.7 Å². The van der Waals surface area contributed by atoms with E-state index in [2.05, 4.69) is 5.43 Å². The number of furan rings is 1. The zero-order valence-corrected chi connectivity index (χ0v) is 11.1. The van der Waals surface area contributed by atoms with Crippen molar-refractivity contribution in [1.29, 1.82) is 0 Å². The summed E-state index contributed by atoms with van der Waals surface area (Å²) >= 11 is 0. The Hall–Kier alpha value is -1.37. The zero-order valence-electron chi connectivity index (χ0n) is 11.1. The third-order valence-corrected chi connectivity index (χ3v) is 3.47. The van der Waals surface area contributed by atoms with Gasteiger partial charge in [0, 0.05) is 12.7 Å². The van der Waals surface area contributed by atoms with Gasteiger partial charge in [-0.25, -0.2) is 5.84 Å². The van der Waals surface area contributed by atoms with E-state index in [0.717, 1.165) is 25.7 Å². The normalized spacial score (nSPS) is 23.3. The molecule has 0 aliphatic heterocycles. The van der Waals surface area contributed by atoms with Gasteiger partial charge < -0.3 is 13.9 Å². The summed E-state index contributed by atoms with van der Waals surface area (Å²) in [5, 5.41) is 0. The van der Waals surface area contributed by atoms with Gasteiger partial charge in [-0.15, -0.1) is 0 Å². The van der Waals surface area contributed by atoms with E-state index in [-0.39, 0.29) is 18.0 Å². The van der Waals surface area contributed by atoms with E-state index in [1.807, 2.05) is 0 Å². The second kappa shape index (κ2) is 6.70. The van der Waals surface area contributed by atoms with E-state index in [1.54, 1.807) is 13.2 Å². The predicted molar refractivity (Wildman–Crippen MR) is 68.2 cm³/mol. The highest BCUT2D eigenvalue weighted by Gasteiger charge is 2.23. The van der Waals surface area contributed by atoms with Gasteiger partial charge in [0.25, 0.3) is 0 Å². The molecule has 0 spiro atoms.